The molecular weight excluding hydrogens is 280 g/mol. The number of hydrogen-bond acceptors (Lipinski definition) is 8. The number of carbonyl (C=O) groups excluding carboxylic acids is 2. The second-order valence-corrected chi connectivity index (χ2v) is 4.78. The van der Waals surface area contributed by atoms with Crippen LogP contribution in [0.5, 0.6) is 0 Å². The van der Waals surface area contributed by atoms with Crippen molar-refractivity contribution in [3.8, 4) is 0 Å². The lowest BCUT2D eigenvalue weighted by Gasteiger charge is -2.22. The number of ether oxygens (including phenoxy) is 1. The maximum absolute atomic E-state index is 11.5. The lowest BCUT2D eigenvalue weighted by atomic mass is 10.1. The van der Waals surface area contributed by atoms with Crippen molar-refractivity contribution in [2.24, 2.45) is 17.2 Å². The number of amides is 1. The average Bonchev–Trinajstić information content (AvgIpc) is 2.49. The van der Waals surface area contributed by atoms with Crippen molar-refractivity contribution in [3.05, 3.63) is 0 Å². The fourth-order valence-corrected chi connectivity index (χ4v) is 1.28. The SMILES string of the molecule is CCC(N)CNC(=O)C(O)C(O)C(=O)OC(N)C(N)CC. The fourth-order valence-electron chi connectivity index (χ4n) is 1.28. The van der Waals surface area contributed by atoms with Crippen LogP contribution < -0.4 is 22.5 Å². The monoisotopic (exact) mass is 306 g/mol. The van der Waals surface area contributed by atoms with Crippen LogP contribution in [0.4, 0.5) is 0 Å². The molecule has 0 spiro atoms. The number of nitrogens with one attached hydrogen (secondary N) is 1. The summed E-state index contributed by atoms with van der Waals surface area (Å²) in [4.78, 5) is 23.1. The number of nitrogens with two attached hydrogens (primary N) is 3. The number of aliphatic hydroxyl groups excluding tert-OH is 2. The molecule has 5 unspecified atom stereocenters. The summed E-state index contributed by atoms with van der Waals surface area (Å²) in [5, 5.41) is 21.5. The summed E-state index contributed by atoms with van der Waals surface area (Å²) in [5.74, 6) is -2.13. The molecule has 9 nitrogen and oxygen atoms in total. The zero-order valence-corrected chi connectivity index (χ0v) is 12.4. The highest BCUT2D eigenvalue weighted by Crippen LogP contribution is 2.02. The Hall–Kier alpha value is -1.26. The third kappa shape index (κ3) is 6.82. The van der Waals surface area contributed by atoms with Gasteiger partial charge in [0.15, 0.2) is 18.4 Å². The van der Waals surface area contributed by atoms with E-state index in [0.29, 0.717) is 12.8 Å². The number of hydrogen-bond donors (Lipinski definition) is 6. The van der Waals surface area contributed by atoms with Crippen LogP contribution in [0.1, 0.15) is 26.7 Å². The molecule has 21 heavy (non-hydrogen) atoms. The third-order valence-electron chi connectivity index (χ3n) is 3.02. The molecule has 9 N–H and O–H groups in total. The number of esters is 1. The van der Waals surface area contributed by atoms with E-state index in [1.807, 2.05) is 6.92 Å². The second-order valence-electron chi connectivity index (χ2n) is 4.78. The van der Waals surface area contributed by atoms with E-state index in [4.69, 9.17) is 17.2 Å². The standard InChI is InChI=1S/C12H26N4O5/c1-3-6(13)5-16-11(19)8(17)9(18)12(20)21-10(15)7(14)4-2/h6-10,17-18H,3-5,13-15H2,1-2H3,(H,16,19). The molecule has 124 valence electrons. The largest absolute Gasteiger partial charge is 0.443 e. The summed E-state index contributed by atoms with van der Waals surface area (Å²) >= 11 is 0. The van der Waals surface area contributed by atoms with Gasteiger partial charge >= 0.3 is 5.97 Å². The Balaban J connectivity index is 4.38. The topological polar surface area (TPSA) is 174 Å². The normalized spacial score (nSPS) is 18.2. The molecular formula is C12H26N4O5. The minimum Gasteiger partial charge on any atom is -0.443 e. The highest BCUT2D eigenvalue weighted by atomic mass is 16.6. The summed E-state index contributed by atoms with van der Waals surface area (Å²) < 4.78 is 4.68. The molecule has 0 aromatic rings. The van der Waals surface area contributed by atoms with Crippen LogP contribution in [0.15, 0.2) is 0 Å². The molecule has 0 aliphatic carbocycles. The minimum absolute atomic E-state index is 0.119. The molecule has 0 saturated carbocycles. The van der Waals surface area contributed by atoms with E-state index in [0.717, 1.165) is 0 Å². The van der Waals surface area contributed by atoms with Crippen LogP contribution >= 0.6 is 0 Å². The lowest BCUT2D eigenvalue weighted by Crippen LogP contribution is -2.51. The summed E-state index contributed by atoms with van der Waals surface area (Å²) in [6.45, 7) is 3.69. The Kier molecular flexibility index (Phi) is 9.06. The summed E-state index contributed by atoms with van der Waals surface area (Å²) in [5.41, 5.74) is 16.6. The van der Waals surface area contributed by atoms with Gasteiger partial charge in [0, 0.05) is 12.6 Å². The first-order valence-corrected chi connectivity index (χ1v) is 6.85. The number of carbonyl (C=O) groups is 2. The van der Waals surface area contributed by atoms with Crippen molar-refractivity contribution in [1.82, 2.24) is 5.32 Å². The van der Waals surface area contributed by atoms with Gasteiger partial charge in [0.25, 0.3) is 5.91 Å². The summed E-state index contributed by atoms with van der Waals surface area (Å²) in [7, 11) is 0. The van der Waals surface area contributed by atoms with Crippen LogP contribution in [-0.2, 0) is 14.3 Å². The number of aliphatic hydroxyl groups is 2. The second kappa shape index (κ2) is 9.64. The Morgan fingerprint density at radius 3 is 2.14 bits per heavy atom. The fraction of sp³-hybridized carbons (Fsp3) is 0.833. The minimum atomic E-state index is -2.04. The van der Waals surface area contributed by atoms with Crippen molar-refractivity contribution in [2.45, 2.75) is 57.2 Å². The first-order valence-electron chi connectivity index (χ1n) is 6.85. The van der Waals surface area contributed by atoms with E-state index in [1.165, 1.54) is 0 Å². The molecule has 0 aliphatic rings. The zero-order chi connectivity index (χ0) is 16.6. The van der Waals surface area contributed by atoms with Gasteiger partial charge < -0.3 is 31.7 Å². The van der Waals surface area contributed by atoms with Crippen molar-refractivity contribution >= 4 is 11.9 Å². The molecule has 0 rings (SSSR count). The zero-order valence-electron chi connectivity index (χ0n) is 12.4. The molecule has 9 heteroatoms. The predicted molar refractivity (Wildman–Crippen MR) is 75.6 cm³/mol. The van der Waals surface area contributed by atoms with Crippen LogP contribution in [0, 0.1) is 0 Å². The maximum Gasteiger partial charge on any atom is 0.339 e. The van der Waals surface area contributed by atoms with Gasteiger partial charge in [0.2, 0.25) is 0 Å². The van der Waals surface area contributed by atoms with Crippen molar-refractivity contribution < 1.29 is 24.5 Å². The first kappa shape index (κ1) is 19.7. The van der Waals surface area contributed by atoms with E-state index >= 15 is 0 Å². The van der Waals surface area contributed by atoms with Crippen LogP contribution in [-0.4, -0.2) is 59.2 Å². The van der Waals surface area contributed by atoms with Crippen LogP contribution in [0.3, 0.4) is 0 Å². The summed E-state index contributed by atoms with van der Waals surface area (Å²) in [6.07, 6.45) is -4.04. The van der Waals surface area contributed by atoms with E-state index < -0.39 is 36.4 Å². The highest BCUT2D eigenvalue weighted by molar-refractivity contribution is 5.88. The van der Waals surface area contributed by atoms with E-state index in [9.17, 15) is 19.8 Å². The Morgan fingerprint density at radius 1 is 1.10 bits per heavy atom. The van der Waals surface area contributed by atoms with Crippen LogP contribution in [0.2, 0.25) is 0 Å². The molecule has 0 saturated heterocycles. The molecule has 0 aromatic carbocycles. The van der Waals surface area contributed by atoms with Gasteiger partial charge in [-0.05, 0) is 12.8 Å². The molecule has 0 aliphatic heterocycles. The van der Waals surface area contributed by atoms with E-state index in [1.54, 1.807) is 6.92 Å². The average molecular weight is 306 g/mol. The quantitative estimate of drug-likeness (QED) is 0.194. The predicted octanol–water partition coefficient (Wildman–Crippen LogP) is -2.87. The van der Waals surface area contributed by atoms with Crippen molar-refractivity contribution in [2.75, 3.05) is 6.54 Å². The molecule has 0 heterocycles. The highest BCUT2D eigenvalue weighted by Gasteiger charge is 2.33. The van der Waals surface area contributed by atoms with E-state index in [2.05, 4.69) is 10.1 Å². The maximum atomic E-state index is 11.5. The number of rotatable bonds is 9. The molecule has 0 radical (unpaired) electrons. The van der Waals surface area contributed by atoms with Gasteiger partial charge in [-0.25, -0.2) is 4.79 Å². The van der Waals surface area contributed by atoms with Crippen LogP contribution in [0.25, 0.3) is 0 Å². The molecule has 1 amide bonds. The molecule has 5 atom stereocenters. The van der Waals surface area contributed by atoms with Gasteiger partial charge in [-0.2, -0.15) is 0 Å². The Labute approximate surface area is 123 Å². The Morgan fingerprint density at radius 2 is 1.67 bits per heavy atom. The van der Waals surface area contributed by atoms with Gasteiger partial charge in [-0.1, -0.05) is 13.8 Å². The smallest absolute Gasteiger partial charge is 0.339 e. The van der Waals surface area contributed by atoms with Gasteiger partial charge in [-0.3, -0.25) is 10.5 Å². The van der Waals surface area contributed by atoms with Gasteiger partial charge in [-0.15, -0.1) is 0 Å². The molecule has 0 fully saturated rings. The van der Waals surface area contributed by atoms with Gasteiger partial charge in [0.05, 0.1) is 6.04 Å². The molecule has 0 aromatic heterocycles. The van der Waals surface area contributed by atoms with Crippen molar-refractivity contribution in [3.63, 3.8) is 0 Å². The van der Waals surface area contributed by atoms with Gasteiger partial charge in [0.1, 0.15) is 0 Å². The Bertz CT molecular complexity index is 342. The third-order valence-corrected chi connectivity index (χ3v) is 3.02. The lowest BCUT2D eigenvalue weighted by molar-refractivity contribution is -0.169. The molecule has 0 bridgehead atoms. The van der Waals surface area contributed by atoms with Crippen molar-refractivity contribution in [1.29, 1.82) is 0 Å². The first-order chi connectivity index (χ1) is 9.74. The van der Waals surface area contributed by atoms with E-state index in [-0.39, 0.29) is 12.6 Å². The summed E-state index contributed by atoms with van der Waals surface area (Å²) in [6, 6.07) is -0.879.